The summed E-state index contributed by atoms with van der Waals surface area (Å²) in [7, 11) is 1.64. The standard InChI is InChI=1S/C20H27ClN4O3/c1-20(2)10-13-17(23)14(21)9-12(18(13)28-20)19(26)24-15-5-8-25(7-4-6-22)11-16(15)27-3/h9,15-16H,4-5,7-8,10-11,23H2,1-3H3,(H,24,26)/t15-,16+/m1/s1. The Kier molecular flexibility index (Phi) is 6.04. The van der Waals surface area contributed by atoms with Gasteiger partial charge in [-0.3, -0.25) is 9.69 Å². The molecule has 1 aromatic rings. The van der Waals surface area contributed by atoms with Gasteiger partial charge in [-0.15, -0.1) is 0 Å². The summed E-state index contributed by atoms with van der Waals surface area (Å²) < 4.78 is 11.6. The molecule has 0 aliphatic carbocycles. The molecule has 2 atom stereocenters. The summed E-state index contributed by atoms with van der Waals surface area (Å²) in [5.74, 6) is 0.276. The fourth-order valence-electron chi connectivity index (χ4n) is 3.94. The van der Waals surface area contributed by atoms with E-state index >= 15 is 0 Å². The van der Waals surface area contributed by atoms with Gasteiger partial charge in [-0.2, -0.15) is 5.26 Å². The summed E-state index contributed by atoms with van der Waals surface area (Å²) >= 11 is 6.28. The first-order valence-electron chi connectivity index (χ1n) is 9.48. The molecule has 8 heteroatoms. The predicted molar refractivity (Wildman–Crippen MR) is 108 cm³/mol. The van der Waals surface area contributed by atoms with Crippen molar-refractivity contribution in [1.82, 2.24) is 10.2 Å². The molecule has 0 unspecified atom stereocenters. The number of likely N-dealkylation sites (tertiary alicyclic amines) is 1. The molecule has 1 saturated heterocycles. The molecule has 2 aliphatic heterocycles. The molecule has 1 amide bonds. The Hall–Kier alpha value is -2.01. The molecule has 0 radical (unpaired) electrons. The van der Waals surface area contributed by atoms with Crippen LogP contribution in [0.2, 0.25) is 5.02 Å². The summed E-state index contributed by atoms with van der Waals surface area (Å²) in [5.41, 5.74) is 7.35. The van der Waals surface area contributed by atoms with Crippen LogP contribution >= 0.6 is 11.6 Å². The monoisotopic (exact) mass is 406 g/mol. The van der Waals surface area contributed by atoms with Crippen molar-refractivity contribution in [2.24, 2.45) is 0 Å². The van der Waals surface area contributed by atoms with E-state index in [9.17, 15) is 4.79 Å². The van der Waals surface area contributed by atoms with E-state index < -0.39 is 5.60 Å². The largest absolute Gasteiger partial charge is 0.486 e. The van der Waals surface area contributed by atoms with Crippen molar-refractivity contribution in [3.8, 4) is 11.8 Å². The number of nitrogens with one attached hydrogen (secondary N) is 1. The van der Waals surface area contributed by atoms with E-state index in [2.05, 4.69) is 16.3 Å². The fraction of sp³-hybridized carbons (Fsp3) is 0.600. The third-order valence-electron chi connectivity index (χ3n) is 5.40. The number of fused-ring (bicyclic) bond motifs is 1. The second kappa shape index (κ2) is 8.16. The zero-order valence-electron chi connectivity index (χ0n) is 16.5. The molecule has 0 bridgehead atoms. The lowest BCUT2D eigenvalue weighted by Crippen LogP contribution is -2.54. The van der Waals surface area contributed by atoms with Crippen LogP contribution in [-0.4, -0.2) is 55.3 Å². The van der Waals surface area contributed by atoms with E-state index in [-0.39, 0.29) is 18.1 Å². The number of hydrogen-bond donors (Lipinski definition) is 2. The van der Waals surface area contributed by atoms with Crippen LogP contribution in [0.5, 0.6) is 5.75 Å². The van der Waals surface area contributed by atoms with Gasteiger partial charge >= 0.3 is 0 Å². The lowest BCUT2D eigenvalue weighted by atomic mass is 9.97. The third kappa shape index (κ3) is 4.19. The van der Waals surface area contributed by atoms with Crippen LogP contribution in [0.15, 0.2) is 6.07 Å². The van der Waals surface area contributed by atoms with Crippen molar-refractivity contribution < 1.29 is 14.3 Å². The molecular weight excluding hydrogens is 380 g/mol. The topological polar surface area (TPSA) is 101 Å². The number of benzene rings is 1. The Morgan fingerprint density at radius 1 is 1.57 bits per heavy atom. The van der Waals surface area contributed by atoms with Crippen molar-refractivity contribution >= 4 is 23.2 Å². The molecule has 1 fully saturated rings. The second-order valence-corrected chi connectivity index (χ2v) is 8.42. The zero-order chi connectivity index (χ0) is 20.5. The average Bonchev–Trinajstić information content (AvgIpc) is 2.99. The van der Waals surface area contributed by atoms with Crippen molar-refractivity contribution in [3.05, 3.63) is 22.2 Å². The maximum Gasteiger partial charge on any atom is 0.255 e. The average molecular weight is 407 g/mol. The number of ether oxygens (including phenoxy) is 2. The van der Waals surface area contributed by atoms with Crippen LogP contribution < -0.4 is 15.8 Å². The van der Waals surface area contributed by atoms with Gasteiger partial charge in [-0.05, 0) is 26.3 Å². The zero-order valence-corrected chi connectivity index (χ0v) is 17.3. The molecule has 3 N–H and O–H groups in total. The normalized spacial score (nSPS) is 23.5. The number of amides is 1. The number of rotatable bonds is 5. The number of nitriles is 1. The number of halogens is 1. The molecule has 1 aromatic carbocycles. The first-order valence-corrected chi connectivity index (χ1v) is 9.86. The van der Waals surface area contributed by atoms with Gasteiger partial charge in [0.1, 0.15) is 11.4 Å². The number of hydrogen-bond acceptors (Lipinski definition) is 6. The lowest BCUT2D eigenvalue weighted by Gasteiger charge is -2.37. The fourth-order valence-corrected chi connectivity index (χ4v) is 4.16. The highest BCUT2D eigenvalue weighted by atomic mass is 35.5. The predicted octanol–water partition coefficient (Wildman–Crippen LogP) is 2.37. The van der Waals surface area contributed by atoms with Gasteiger partial charge in [0, 0.05) is 45.1 Å². The molecule has 0 saturated carbocycles. The maximum absolute atomic E-state index is 13.1. The summed E-state index contributed by atoms with van der Waals surface area (Å²) in [6, 6.07) is 3.62. The Balaban J connectivity index is 1.77. The molecule has 152 valence electrons. The van der Waals surface area contributed by atoms with E-state index in [0.717, 1.165) is 18.5 Å². The minimum Gasteiger partial charge on any atom is -0.486 e. The highest BCUT2D eigenvalue weighted by Crippen LogP contribution is 2.44. The second-order valence-electron chi connectivity index (χ2n) is 8.02. The molecular formula is C20H27ClN4O3. The van der Waals surface area contributed by atoms with Crippen molar-refractivity contribution in [2.75, 3.05) is 32.5 Å². The number of anilines is 1. The van der Waals surface area contributed by atoms with Crippen LogP contribution in [0, 0.1) is 11.3 Å². The first-order chi connectivity index (χ1) is 13.3. The van der Waals surface area contributed by atoms with E-state index in [1.807, 2.05) is 13.8 Å². The quantitative estimate of drug-likeness (QED) is 0.728. The van der Waals surface area contributed by atoms with Crippen molar-refractivity contribution in [1.29, 1.82) is 5.26 Å². The van der Waals surface area contributed by atoms with Gasteiger partial charge in [0.05, 0.1) is 34.5 Å². The highest BCUT2D eigenvalue weighted by Gasteiger charge is 2.37. The number of methoxy groups -OCH3 is 1. The minimum absolute atomic E-state index is 0.128. The Morgan fingerprint density at radius 3 is 3.00 bits per heavy atom. The third-order valence-corrected chi connectivity index (χ3v) is 5.71. The van der Waals surface area contributed by atoms with Gasteiger partial charge in [0.15, 0.2) is 0 Å². The molecule has 2 heterocycles. The first kappa shape index (κ1) is 20.7. The summed E-state index contributed by atoms with van der Waals surface area (Å²) in [6.07, 6.45) is 1.68. The summed E-state index contributed by atoms with van der Waals surface area (Å²) in [4.78, 5) is 15.2. The van der Waals surface area contributed by atoms with Gasteiger partial charge in [0.2, 0.25) is 0 Å². The smallest absolute Gasteiger partial charge is 0.255 e. The van der Waals surface area contributed by atoms with E-state index in [1.54, 1.807) is 13.2 Å². The molecule has 0 aromatic heterocycles. The van der Waals surface area contributed by atoms with Crippen molar-refractivity contribution in [2.45, 2.75) is 50.9 Å². The molecule has 3 rings (SSSR count). The lowest BCUT2D eigenvalue weighted by molar-refractivity contribution is 0.00701. The number of nitrogens with zero attached hydrogens (tertiary/aromatic N) is 2. The van der Waals surface area contributed by atoms with E-state index in [4.69, 9.17) is 32.1 Å². The van der Waals surface area contributed by atoms with Crippen LogP contribution in [0.3, 0.4) is 0 Å². The number of carbonyl (C=O) groups excluding carboxylic acids is 1. The van der Waals surface area contributed by atoms with Crippen LogP contribution in [0.25, 0.3) is 0 Å². The minimum atomic E-state index is -0.433. The van der Waals surface area contributed by atoms with Gasteiger partial charge in [-0.25, -0.2) is 0 Å². The molecule has 7 nitrogen and oxygen atoms in total. The van der Waals surface area contributed by atoms with Crippen molar-refractivity contribution in [3.63, 3.8) is 0 Å². The number of carbonyl (C=O) groups is 1. The van der Waals surface area contributed by atoms with Gasteiger partial charge in [-0.1, -0.05) is 11.6 Å². The van der Waals surface area contributed by atoms with Crippen LogP contribution in [-0.2, 0) is 11.2 Å². The number of piperidine rings is 1. The number of nitrogens with two attached hydrogens (primary N) is 1. The van der Waals surface area contributed by atoms with Crippen LogP contribution in [0.1, 0.15) is 42.6 Å². The van der Waals surface area contributed by atoms with E-state index in [1.165, 1.54) is 0 Å². The summed E-state index contributed by atoms with van der Waals surface area (Å²) in [6.45, 7) is 6.10. The molecule has 28 heavy (non-hydrogen) atoms. The summed E-state index contributed by atoms with van der Waals surface area (Å²) in [5, 5.41) is 12.2. The Morgan fingerprint density at radius 2 is 2.32 bits per heavy atom. The van der Waals surface area contributed by atoms with E-state index in [0.29, 0.717) is 48.0 Å². The Labute approximate surface area is 170 Å². The molecule has 0 spiro atoms. The van der Waals surface area contributed by atoms with Gasteiger partial charge < -0.3 is 20.5 Å². The van der Waals surface area contributed by atoms with Crippen LogP contribution in [0.4, 0.5) is 5.69 Å². The Bertz CT molecular complexity index is 806. The SMILES string of the molecule is CO[C@H]1CN(CCC#N)CC[C@H]1NC(=O)c1cc(Cl)c(N)c2c1OC(C)(C)C2. The number of nitrogen functional groups attached to an aromatic ring is 1. The highest BCUT2D eigenvalue weighted by molar-refractivity contribution is 6.33. The molecule has 2 aliphatic rings. The maximum atomic E-state index is 13.1. The van der Waals surface area contributed by atoms with Gasteiger partial charge in [0.25, 0.3) is 5.91 Å².